The number of hydrogen-bond donors (Lipinski definition) is 1. The fraction of sp³-hybridized carbons (Fsp3) is 0.621. The largest absolute Gasteiger partial charge is 0.462 e. The zero-order chi connectivity index (χ0) is 25.0. The van der Waals surface area contributed by atoms with E-state index in [9.17, 15) is 14.4 Å². The zero-order valence-corrected chi connectivity index (χ0v) is 23.1. The van der Waals surface area contributed by atoms with Gasteiger partial charge in [0.15, 0.2) is 0 Å². The number of nitrogens with one attached hydrogen (secondary N) is 1. The van der Waals surface area contributed by atoms with Crippen molar-refractivity contribution in [3.63, 3.8) is 0 Å². The Morgan fingerprint density at radius 3 is 2.63 bits per heavy atom. The molecule has 1 N–H and O–H groups in total. The molecule has 4 aliphatic carbocycles. The number of ketones is 1. The van der Waals surface area contributed by atoms with Gasteiger partial charge in [-0.15, -0.1) is 0 Å². The Morgan fingerprint density at radius 2 is 1.89 bits per heavy atom. The van der Waals surface area contributed by atoms with E-state index >= 15 is 0 Å². The first-order chi connectivity index (χ1) is 16.6. The van der Waals surface area contributed by atoms with Crippen LogP contribution in [0.15, 0.2) is 35.9 Å². The Kier molecular flexibility index (Phi) is 6.64. The molecule has 1 amide bonds. The lowest BCUT2D eigenvalue weighted by molar-refractivity contribution is -0.148. The van der Waals surface area contributed by atoms with Crippen LogP contribution in [-0.4, -0.2) is 30.3 Å². The average Bonchev–Trinajstić information content (AvgIpc) is 3.07. The summed E-state index contributed by atoms with van der Waals surface area (Å²) >= 11 is 2.19. The summed E-state index contributed by atoms with van der Waals surface area (Å²) < 4.78 is 6.48. The van der Waals surface area contributed by atoms with E-state index in [0.29, 0.717) is 42.1 Å². The van der Waals surface area contributed by atoms with Crippen molar-refractivity contribution in [1.29, 1.82) is 0 Å². The maximum absolute atomic E-state index is 13.3. The van der Waals surface area contributed by atoms with E-state index < -0.39 is 0 Å². The Labute approximate surface area is 222 Å². The maximum atomic E-state index is 13.3. The van der Waals surface area contributed by atoms with E-state index in [0.717, 1.165) is 42.1 Å². The normalized spacial score (nSPS) is 38.0. The van der Waals surface area contributed by atoms with E-state index in [-0.39, 0.29) is 34.7 Å². The second kappa shape index (κ2) is 9.31. The van der Waals surface area contributed by atoms with Crippen LogP contribution in [0.1, 0.15) is 76.1 Å². The molecule has 1 aromatic rings. The highest BCUT2D eigenvalue weighted by Crippen LogP contribution is 2.65. The topological polar surface area (TPSA) is 72.5 Å². The van der Waals surface area contributed by atoms with Crippen molar-refractivity contribution in [2.75, 3.05) is 6.54 Å². The molecule has 0 aromatic heterocycles. The van der Waals surface area contributed by atoms with Crippen molar-refractivity contribution in [2.24, 2.45) is 34.5 Å². The molecule has 0 spiro atoms. The van der Waals surface area contributed by atoms with Crippen LogP contribution in [0.4, 0.5) is 0 Å². The lowest BCUT2D eigenvalue weighted by Gasteiger charge is -2.57. The summed E-state index contributed by atoms with van der Waals surface area (Å²) in [5.41, 5.74) is 2.21. The van der Waals surface area contributed by atoms with Gasteiger partial charge in [-0.25, -0.2) is 0 Å². The summed E-state index contributed by atoms with van der Waals surface area (Å²) in [6, 6.07) is 7.57. The van der Waals surface area contributed by atoms with Gasteiger partial charge in [-0.2, -0.15) is 0 Å². The predicted octanol–water partition coefficient (Wildman–Crippen LogP) is 5.71. The van der Waals surface area contributed by atoms with Crippen LogP contribution in [0.3, 0.4) is 0 Å². The summed E-state index contributed by atoms with van der Waals surface area (Å²) in [6.45, 7) is 6.65. The third-order valence-corrected chi connectivity index (χ3v) is 11.0. The van der Waals surface area contributed by atoms with Crippen molar-refractivity contribution in [2.45, 2.75) is 71.8 Å². The third kappa shape index (κ3) is 4.27. The van der Waals surface area contributed by atoms with Crippen molar-refractivity contribution >= 4 is 40.3 Å². The molecule has 5 rings (SSSR count). The van der Waals surface area contributed by atoms with E-state index in [4.69, 9.17) is 4.74 Å². The van der Waals surface area contributed by atoms with Gasteiger partial charge in [0.25, 0.3) is 5.91 Å². The Balaban J connectivity index is 1.32. The van der Waals surface area contributed by atoms with Gasteiger partial charge in [-0.3, -0.25) is 14.4 Å². The number of ether oxygens (including phenoxy) is 1. The SMILES string of the molecule is CC(=O)O[C@H]1CC[C@@]2(C)C(=CC[C@H]3[C@@H]4CC(=O)[C@H](CNC(=O)c5ccccc5I)[C@@]4(C)CC[C@@H]32)C1. The predicted molar refractivity (Wildman–Crippen MR) is 143 cm³/mol. The number of carbonyl (C=O) groups is 3. The van der Waals surface area contributed by atoms with Crippen LogP contribution in [0.25, 0.3) is 0 Å². The molecule has 4 aliphatic rings. The summed E-state index contributed by atoms with van der Waals surface area (Å²) in [5.74, 6) is 1.37. The number of amides is 1. The number of esters is 1. The number of carbonyl (C=O) groups excluding carboxylic acids is 3. The number of allylic oxidation sites excluding steroid dienone is 1. The average molecular weight is 590 g/mol. The van der Waals surface area contributed by atoms with Gasteiger partial charge in [-0.1, -0.05) is 37.6 Å². The quantitative estimate of drug-likeness (QED) is 0.278. The summed E-state index contributed by atoms with van der Waals surface area (Å²) in [7, 11) is 0. The zero-order valence-electron chi connectivity index (χ0n) is 20.9. The summed E-state index contributed by atoms with van der Waals surface area (Å²) in [4.78, 5) is 37.7. The fourth-order valence-corrected chi connectivity index (χ4v) is 8.77. The molecule has 1 aromatic carbocycles. The molecule has 0 radical (unpaired) electrons. The molecule has 0 aliphatic heterocycles. The van der Waals surface area contributed by atoms with Crippen molar-refractivity contribution in [3.8, 4) is 0 Å². The molecular formula is C29H36INO4. The van der Waals surface area contributed by atoms with Crippen LogP contribution in [-0.2, 0) is 14.3 Å². The molecule has 0 saturated heterocycles. The minimum absolute atomic E-state index is 0.00552. The van der Waals surface area contributed by atoms with Crippen LogP contribution >= 0.6 is 22.6 Å². The van der Waals surface area contributed by atoms with E-state index in [1.54, 1.807) is 0 Å². The molecule has 0 heterocycles. The van der Waals surface area contributed by atoms with Gasteiger partial charge in [0.1, 0.15) is 11.9 Å². The van der Waals surface area contributed by atoms with E-state index in [1.807, 2.05) is 24.3 Å². The highest BCUT2D eigenvalue weighted by Gasteiger charge is 2.61. The van der Waals surface area contributed by atoms with E-state index in [2.05, 4.69) is 47.8 Å². The second-order valence-corrected chi connectivity index (χ2v) is 12.9. The van der Waals surface area contributed by atoms with Crippen LogP contribution in [0, 0.1) is 38.1 Å². The number of benzene rings is 1. The Bertz CT molecular complexity index is 1080. The number of hydrogen-bond acceptors (Lipinski definition) is 4. The molecule has 35 heavy (non-hydrogen) atoms. The standard InChI is InChI=1S/C29H36INO4/c1-17(32)35-19-10-12-28(2)18(14-19)8-9-20-22(28)11-13-29(3)23(20)15-26(33)24(29)16-31-27(34)21-6-4-5-7-25(21)30/h4-8,19-20,22-24H,9-16H2,1-3H3,(H,31,34)/t19-,20+,22-,23-,24-,28-,29-/m0/s1. The first-order valence-electron chi connectivity index (χ1n) is 13.1. The second-order valence-electron chi connectivity index (χ2n) is 11.7. The molecule has 6 heteroatoms. The molecule has 3 saturated carbocycles. The minimum atomic E-state index is -0.189. The lowest BCUT2D eigenvalue weighted by Crippen LogP contribution is -2.51. The lowest BCUT2D eigenvalue weighted by atomic mass is 9.47. The summed E-state index contributed by atoms with van der Waals surface area (Å²) in [6.07, 6.45) is 9.04. The molecule has 0 bridgehead atoms. The van der Waals surface area contributed by atoms with Crippen LogP contribution < -0.4 is 5.32 Å². The number of rotatable bonds is 4. The molecule has 0 unspecified atom stereocenters. The number of Topliss-reactive ketones (excluding diaryl/α,β-unsaturated/α-hetero) is 1. The van der Waals surface area contributed by atoms with Crippen LogP contribution in [0.2, 0.25) is 0 Å². The van der Waals surface area contributed by atoms with Gasteiger partial charge in [-0.05, 0) is 95.4 Å². The number of fused-ring (bicyclic) bond motifs is 5. The monoisotopic (exact) mass is 589 g/mol. The smallest absolute Gasteiger partial charge is 0.302 e. The van der Waals surface area contributed by atoms with Gasteiger partial charge in [0.2, 0.25) is 0 Å². The van der Waals surface area contributed by atoms with Crippen molar-refractivity contribution < 1.29 is 19.1 Å². The van der Waals surface area contributed by atoms with Gasteiger partial charge in [0, 0.05) is 35.8 Å². The van der Waals surface area contributed by atoms with Crippen molar-refractivity contribution in [3.05, 3.63) is 45.0 Å². The van der Waals surface area contributed by atoms with Gasteiger partial charge < -0.3 is 10.1 Å². The highest BCUT2D eigenvalue weighted by molar-refractivity contribution is 14.1. The third-order valence-electron chi connectivity index (χ3n) is 10.0. The van der Waals surface area contributed by atoms with E-state index in [1.165, 1.54) is 12.5 Å². The molecule has 188 valence electrons. The Morgan fingerprint density at radius 1 is 1.11 bits per heavy atom. The fourth-order valence-electron chi connectivity index (χ4n) is 8.14. The first-order valence-corrected chi connectivity index (χ1v) is 14.1. The molecule has 5 nitrogen and oxygen atoms in total. The molecule has 7 atom stereocenters. The number of halogens is 1. The summed E-state index contributed by atoms with van der Waals surface area (Å²) in [5, 5.41) is 3.10. The van der Waals surface area contributed by atoms with Crippen molar-refractivity contribution in [1.82, 2.24) is 5.32 Å². The van der Waals surface area contributed by atoms with Gasteiger partial charge >= 0.3 is 5.97 Å². The minimum Gasteiger partial charge on any atom is -0.462 e. The Hall–Kier alpha value is -1.70. The maximum Gasteiger partial charge on any atom is 0.302 e. The highest BCUT2D eigenvalue weighted by atomic mass is 127. The van der Waals surface area contributed by atoms with Gasteiger partial charge in [0.05, 0.1) is 5.56 Å². The molecule has 3 fully saturated rings. The first kappa shape index (κ1) is 25.0. The molecular weight excluding hydrogens is 553 g/mol. The van der Waals surface area contributed by atoms with Crippen LogP contribution in [0.5, 0.6) is 0 Å².